The normalized spacial score (nSPS) is 15.4. The third-order valence-electron chi connectivity index (χ3n) is 5.58. The fourth-order valence-corrected chi connectivity index (χ4v) is 5.55. The maximum atomic E-state index is 13.4. The molecule has 6 heteroatoms. The molecule has 156 valence electrons. The fourth-order valence-electron chi connectivity index (χ4n) is 3.91. The number of hydrogen-bond donors (Lipinski definition) is 1. The number of sulfonamides is 1. The molecule has 0 aromatic heterocycles. The van der Waals surface area contributed by atoms with Crippen molar-refractivity contribution in [1.29, 1.82) is 0 Å². The van der Waals surface area contributed by atoms with Gasteiger partial charge in [-0.2, -0.15) is 4.31 Å². The van der Waals surface area contributed by atoms with Crippen molar-refractivity contribution in [3.8, 4) is 0 Å². The summed E-state index contributed by atoms with van der Waals surface area (Å²) < 4.78 is 28.2. The van der Waals surface area contributed by atoms with Crippen LogP contribution in [0.25, 0.3) is 0 Å². The smallest absolute Gasteiger partial charge is 0.243 e. The second-order valence-corrected chi connectivity index (χ2v) is 9.60. The molecule has 0 heterocycles. The van der Waals surface area contributed by atoms with Crippen LogP contribution < -0.4 is 5.32 Å². The van der Waals surface area contributed by atoms with Crippen LogP contribution in [0.3, 0.4) is 0 Å². The Balaban J connectivity index is 1.85. The first-order chi connectivity index (χ1) is 13.9. The Morgan fingerprint density at radius 2 is 1.69 bits per heavy atom. The van der Waals surface area contributed by atoms with Crippen molar-refractivity contribution in [3.63, 3.8) is 0 Å². The molecule has 0 spiro atoms. The minimum Gasteiger partial charge on any atom is -0.325 e. The molecule has 1 aliphatic rings. The molecule has 0 saturated heterocycles. The van der Waals surface area contributed by atoms with E-state index in [1.165, 1.54) is 4.31 Å². The summed E-state index contributed by atoms with van der Waals surface area (Å²) in [7, 11) is -3.75. The highest BCUT2D eigenvalue weighted by Crippen LogP contribution is 2.28. The van der Waals surface area contributed by atoms with Crippen LogP contribution in [0, 0.1) is 6.92 Å². The summed E-state index contributed by atoms with van der Waals surface area (Å²) in [4.78, 5) is 13.1. The average Bonchev–Trinajstić information content (AvgIpc) is 2.73. The summed E-state index contributed by atoms with van der Waals surface area (Å²) in [6.07, 6.45) is 5.49. The summed E-state index contributed by atoms with van der Waals surface area (Å²) in [5.41, 5.74) is 2.78. The molecule has 5 nitrogen and oxygen atoms in total. The molecule has 0 bridgehead atoms. The van der Waals surface area contributed by atoms with Crippen LogP contribution in [0.5, 0.6) is 0 Å². The molecule has 0 atom stereocenters. The van der Waals surface area contributed by atoms with E-state index in [2.05, 4.69) is 5.32 Å². The van der Waals surface area contributed by atoms with Gasteiger partial charge < -0.3 is 5.32 Å². The minimum absolute atomic E-state index is 0.137. The summed E-state index contributed by atoms with van der Waals surface area (Å²) in [6, 6.07) is 14.3. The first-order valence-corrected chi connectivity index (χ1v) is 11.8. The van der Waals surface area contributed by atoms with Gasteiger partial charge in [-0.1, -0.05) is 62.1 Å². The summed E-state index contributed by atoms with van der Waals surface area (Å²) in [5, 5.41) is 2.92. The number of nitrogens with zero attached hydrogens (tertiary/aromatic N) is 1. The quantitative estimate of drug-likeness (QED) is 0.724. The molecular formula is C23H30N2O3S. The second kappa shape index (κ2) is 9.55. The molecule has 1 aliphatic carbocycles. The lowest BCUT2D eigenvalue weighted by atomic mass is 9.95. The first-order valence-electron chi connectivity index (χ1n) is 10.4. The number of aryl methyl sites for hydroxylation is 2. The average molecular weight is 415 g/mol. The zero-order valence-corrected chi connectivity index (χ0v) is 18.0. The number of amides is 1. The van der Waals surface area contributed by atoms with Gasteiger partial charge in [0.15, 0.2) is 0 Å². The van der Waals surface area contributed by atoms with Gasteiger partial charge >= 0.3 is 0 Å². The van der Waals surface area contributed by atoms with E-state index in [1.807, 2.05) is 38.1 Å². The van der Waals surface area contributed by atoms with E-state index in [0.717, 1.165) is 55.3 Å². The lowest BCUT2D eigenvalue weighted by Crippen LogP contribution is -2.45. The minimum atomic E-state index is -3.75. The Labute approximate surface area is 174 Å². The van der Waals surface area contributed by atoms with Crippen molar-refractivity contribution in [2.45, 2.75) is 63.3 Å². The molecule has 29 heavy (non-hydrogen) atoms. The Kier molecular flexibility index (Phi) is 7.09. The highest BCUT2D eigenvalue weighted by Gasteiger charge is 2.34. The fraction of sp³-hybridized carbons (Fsp3) is 0.435. The predicted octanol–water partition coefficient (Wildman–Crippen LogP) is 4.52. The van der Waals surface area contributed by atoms with Crippen molar-refractivity contribution in [2.24, 2.45) is 0 Å². The molecule has 0 unspecified atom stereocenters. The molecule has 2 aromatic carbocycles. The number of nitrogens with one attached hydrogen (secondary N) is 1. The highest BCUT2D eigenvalue weighted by molar-refractivity contribution is 7.89. The maximum absolute atomic E-state index is 13.4. The van der Waals surface area contributed by atoms with E-state index in [0.29, 0.717) is 0 Å². The van der Waals surface area contributed by atoms with Crippen LogP contribution in [0.1, 0.15) is 50.2 Å². The van der Waals surface area contributed by atoms with Gasteiger partial charge in [0.2, 0.25) is 15.9 Å². The van der Waals surface area contributed by atoms with E-state index in [9.17, 15) is 13.2 Å². The lowest BCUT2D eigenvalue weighted by Gasteiger charge is -2.33. The van der Waals surface area contributed by atoms with Crippen molar-refractivity contribution < 1.29 is 13.2 Å². The van der Waals surface area contributed by atoms with Gasteiger partial charge in [0.05, 0.1) is 11.4 Å². The number of hydrogen-bond acceptors (Lipinski definition) is 3. The molecular weight excluding hydrogens is 384 g/mol. The zero-order chi connectivity index (χ0) is 20.9. The molecule has 0 aliphatic heterocycles. The Morgan fingerprint density at radius 3 is 2.34 bits per heavy atom. The summed E-state index contributed by atoms with van der Waals surface area (Å²) in [6.45, 7) is 3.79. The number of para-hydroxylation sites is 1. The Bertz CT molecular complexity index is 933. The number of carbonyl (C=O) groups excluding carboxylic acids is 1. The summed E-state index contributed by atoms with van der Waals surface area (Å²) >= 11 is 0. The SMILES string of the molecule is CCc1ccccc1NC(=O)CN(C1CCCCC1)S(=O)(=O)c1ccc(C)cc1. The van der Waals surface area contributed by atoms with Crippen LogP contribution in [0.4, 0.5) is 5.69 Å². The number of carbonyl (C=O) groups is 1. The van der Waals surface area contributed by atoms with Gasteiger partial charge in [-0.05, 0) is 49.9 Å². The second-order valence-electron chi connectivity index (χ2n) is 7.71. The number of rotatable bonds is 7. The molecule has 3 rings (SSSR count). The molecule has 1 amide bonds. The van der Waals surface area contributed by atoms with Gasteiger partial charge in [0.25, 0.3) is 0 Å². The highest BCUT2D eigenvalue weighted by atomic mass is 32.2. The first kappa shape index (κ1) is 21.5. The molecule has 0 radical (unpaired) electrons. The van der Waals surface area contributed by atoms with Gasteiger partial charge in [0, 0.05) is 11.7 Å². The number of anilines is 1. The third kappa shape index (κ3) is 5.25. The van der Waals surface area contributed by atoms with Gasteiger partial charge in [-0.3, -0.25) is 4.79 Å². The van der Waals surface area contributed by atoms with Crippen LogP contribution in [0.2, 0.25) is 0 Å². The standard InChI is InChI=1S/C23H30N2O3S/c1-3-19-9-7-8-12-22(19)24-23(26)17-25(20-10-5-4-6-11-20)29(27,28)21-15-13-18(2)14-16-21/h7-9,12-16,20H,3-6,10-11,17H2,1-2H3,(H,24,26). The third-order valence-corrected chi connectivity index (χ3v) is 7.49. The zero-order valence-electron chi connectivity index (χ0n) is 17.2. The van der Waals surface area contributed by atoms with Gasteiger partial charge in [-0.15, -0.1) is 0 Å². The molecule has 1 N–H and O–H groups in total. The summed E-state index contributed by atoms with van der Waals surface area (Å²) in [5.74, 6) is -0.299. The maximum Gasteiger partial charge on any atom is 0.243 e. The van der Waals surface area contributed by atoms with Crippen LogP contribution >= 0.6 is 0 Å². The van der Waals surface area contributed by atoms with Gasteiger partial charge in [-0.25, -0.2) is 8.42 Å². The van der Waals surface area contributed by atoms with Crippen molar-refractivity contribution in [1.82, 2.24) is 4.31 Å². The van der Waals surface area contributed by atoms with E-state index in [-0.39, 0.29) is 23.4 Å². The van der Waals surface area contributed by atoms with Crippen molar-refractivity contribution >= 4 is 21.6 Å². The Morgan fingerprint density at radius 1 is 1.03 bits per heavy atom. The van der Waals surface area contributed by atoms with Crippen LogP contribution in [-0.4, -0.2) is 31.2 Å². The number of benzene rings is 2. The molecule has 1 fully saturated rings. The Hall–Kier alpha value is -2.18. The largest absolute Gasteiger partial charge is 0.325 e. The van der Waals surface area contributed by atoms with Crippen LogP contribution in [0.15, 0.2) is 53.4 Å². The molecule has 1 saturated carbocycles. The lowest BCUT2D eigenvalue weighted by molar-refractivity contribution is -0.116. The predicted molar refractivity (Wildman–Crippen MR) is 116 cm³/mol. The van der Waals surface area contributed by atoms with E-state index >= 15 is 0 Å². The molecule has 2 aromatic rings. The van der Waals surface area contributed by atoms with E-state index in [4.69, 9.17) is 0 Å². The van der Waals surface area contributed by atoms with Crippen molar-refractivity contribution in [3.05, 3.63) is 59.7 Å². The van der Waals surface area contributed by atoms with Crippen LogP contribution in [-0.2, 0) is 21.2 Å². The topological polar surface area (TPSA) is 66.5 Å². The van der Waals surface area contributed by atoms with E-state index < -0.39 is 10.0 Å². The monoisotopic (exact) mass is 414 g/mol. The van der Waals surface area contributed by atoms with Crippen molar-refractivity contribution in [2.75, 3.05) is 11.9 Å². The van der Waals surface area contributed by atoms with E-state index in [1.54, 1.807) is 24.3 Å². The van der Waals surface area contributed by atoms with Gasteiger partial charge in [0.1, 0.15) is 0 Å².